The largest absolute Gasteiger partial charge is 0.370 e. The quantitative estimate of drug-likeness (QED) is 0.768. The van der Waals surface area contributed by atoms with Gasteiger partial charge in [0.1, 0.15) is 0 Å². The maximum atomic E-state index is 12.6. The molecule has 2 fully saturated rings. The first kappa shape index (κ1) is 20.0. The van der Waals surface area contributed by atoms with E-state index in [1.54, 1.807) is 0 Å². The Morgan fingerprint density at radius 1 is 0.931 bits per heavy atom. The normalized spacial score (nSPS) is 20.2. The van der Waals surface area contributed by atoms with Crippen molar-refractivity contribution in [1.29, 1.82) is 0 Å². The van der Waals surface area contributed by atoms with Gasteiger partial charge in [0.25, 0.3) is 5.91 Å². The molecule has 2 aliphatic rings. The van der Waals surface area contributed by atoms with Crippen LogP contribution in [0.15, 0.2) is 48.5 Å². The zero-order chi connectivity index (χ0) is 20.2. The first-order valence-electron chi connectivity index (χ1n) is 11.0. The molecule has 1 saturated carbocycles. The Bertz CT molecular complexity index is 807. The van der Waals surface area contributed by atoms with Crippen molar-refractivity contribution in [3.8, 4) is 0 Å². The van der Waals surface area contributed by atoms with Crippen molar-refractivity contribution < 1.29 is 4.79 Å². The minimum atomic E-state index is -0.0400. The highest BCUT2D eigenvalue weighted by Gasteiger charge is 2.24. The van der Waals surface area contributed by atoms with Gasteiger partial charge in [-0.1, -0.05) is 31.4 Å². The molecule has 1 unspecified atom stereocenters. The molecule has 0 aromatic heterocycles. The van der Waals surface area contributed by atoms with E-state index in [1.807, 2.05) is 24.3 Å². The van der Waals surface area contributed by atoms with Crippen molar-refractivity contribution in [2.24, 2.45) is 0 Å². The molecule has 0 bridgehead atoms. The SMILES string of the molecule is CN(C)C1CCN(c2ccc(NC(=O)c3ccc(C4CCCCC4)cc3)cc2)C1. The molecule has 4 nitrogen and oxygen atoms in total. The van der Waals surface area contributed by atoms with E-state index >= 15 is 0 Å². The highest BCUT2D eigenvalue weighted by atomic mass is 16.1. The molecule has 2 aromatic carbocycles. The van der Waals surface area contributed by atoms with Gasteiger partial charge in [0.2, 0.25) is 0 Å². The van der Waals surface area contributed by atoms with Crippen LogP contribution in [0, 0.1) is 0 Å². The molecule has 154 valence electrons. The fraction of sp³-hybridized carbons (Fsp3) is 0.480. The molecular formula is C25H33N3O. The van der Waals surface area contributed by atoms with Crippen molar-refractivity contribution in [1.82, 2.24) is 4.90 Å². The molecule has 29 heavy (non-hydrogen) atoms. The minimum Gasteiger partial charge on any atom is -0.370 e. The van der Waals surface area contributed by atoms with Crippen LogP contribution in [0.5, 0.6) is 0 Å². The van der Waals surface area contributed by atoms with Crippen molar-refractivity contribution in [2.45, 2.75) is 50.5 Å². The summed E-state index contributed by atoms with van der Waals surface area (Å²) in [4.78, 5) is 17.4. The van der Waals surface area contributed by atoms with Crippen molar-refractivity contribution in [2.75, 3.05) is 37.4 Å². The summed E-state index contributed by atoms with van der Waals surface area (Å²) in [6.07, 6.45) is 7.78. The van der Waals surface area contributed by atoms with Crippen molar-refractivity contribution >= 4 is 17.3 Å². The third-order valence-corrected chi connectivity index (χ3v) is 6.63. The van der Waals surface area contributed by atoms with Crippen LogP contribution in [0.2, 0.25) is 0 Å². The number of nitrogens with one attached hydrogen (secondary N) is 1. The zero-order valence-electron chi connectivity index (χ0n) is 17.7. The molecule has 1 N–H and O–H groups in total. The van der Waals surface area contributed by atoms with Crippen molar-refractivity contribution in [3.63, 3.8) is 0 Å². The predicted octanol–water partition coefficient (Wildman–Crippen LogP) is 5.13. The third kappa shape index (κ3) is 4.81. The van der Waals surface area contributed by atoms with Gasteiger partial charge in [0.05, 0.1) is 0 Å². The molecule has 1 saturated heterocycles. The van der Waals surface area contributed by atoms with Gasteiger partial charge in [-0.05, 0) is 81.2 Å². The van der Waals surface area contributed by atoms with Gasteiger partial charge in [-0.2, -0.15) is 0 Å². The van der Waals surface area contributed by atoms with E-state index in [-0.39, 0.29) is 5.91 Å². The van der Waals surface area contributed by atoms with Gasteiger partial charge in [-0.25, -0.2) is 0 Å². The summed E-state index contributed by atoms with van der Waals surface area (Å²) < 4.78 is 0. The Morgan fingerprint density at radius 3 is 2.24 bits per heavy atom. The first-order chi connectivity index (χ1) is 14.1. The third-order valence-electron chi connectivity index (χ3n) is 6.63. The van der Waals surface area contributed by atoms with Crippen LogP contribution in [0.1, 0.15) is 60.4 Å². The molecular weight excluding hydrogens is 358 g/mol. The van der Waals surface area contributed by atoms with Gasteiger partial charge in [-0.15, -0.1) is 0 Å². The van der Waals surface area contributed by atoms with Crippen LogP contribution in [-0.4, -0.2) is 44.0 Å². The number of carbonyl (C=O) groups excluding carboxylic acids is 1. The fourth-order valence-corrected chi connectivity index (χ4v) is 4.70. The van der Waals surface area contributed by atoms with E-state index in [1.165, 1.54) is 49.8 Å². The van der Waals surface area contributed by atoms with E-state index in [9.17, 15) is 4.79 Å². The summed E-state index contributed by atoms with van der Waals surface area (Å²) >= 11 is 0. The molecule has 1 heterocycles. The monoisotopic (exact) mass is 391 g/mol. The number of benzene rings is 2. The second-order valence-corrected chi connectivity index (χ2v) is 8.81. The summed E-state index contributed by atoms with van der Waals surface area (Å²) in [6, 6.07) is 17.1. The summed E-state index contributed by atoms with van der Waals surface area (Å²) in [5.41, 5.74) is 4.18. The molecule has 2 aromatic rings. The predicted molar refractivity (Wildman–Crippen MR) is 121 cm³/mol. The van der Waals surface area contributed by atoms with E-state index in [4.69, 9.17) is 0 Å². The smallest absolute Gasteiger partial charge is 0.255 e. The number of hydrogen-bond acceptors (Lipinski definition) is 3. The Labute approximate surface area is 174 Å². The molecule has 4 heteroatoms. The number of nitrogens with zero attached hydrogens (tertiary/aromatic N) is 2. The lowest BCUT2D eigenvalue weighted by atomic mass is 9.84. The van der Waals surface area contributed by atoms with Crippen LogP contribution in [-0.2, 0) is 0 Å². The highest BCUT2D eigenvalue weighted by molar-refractivity contribution is 6.04. The van der Waals surface area contributed by atoms with Gasteiger partial charge in [-0.3, -0.25) is 4.79 Å². The summed E-state index contributed by atoms with van der Waals surface area (Å²) in [5, 5.41) is 3.04. The molecule has 0 radical (unpaired) electrons. The Morgan fingerprint density at radius 2 is 1.62 bits per heavy atom. The summed E-state index contributed by atoms with van der Waals surface area (Å²) in [6.45, 7) is 2.15. The number of hydrogen-bond donors (Lipinski definition) is 1. The van der Waals surface area contributed by atoms with Crippen LogP contribution >= 0.6 is 0 Å². The molecule has 1 aliphatic carbocycles. The first-order valence-corrected chi connectivity index (χ1v) is 11.0. The van der Waals surface area contributed by atoms with E-state index in [2.05, 4.69) is 53.5 Å². The Kier molecular flexibility index (Phi) is 6.19. The topological polar surface area (TPSA) is 35.6 Å². The van der Waals surface area contributed by atoms with Gasteiger partial charge < -0.3 is 15.1 Å². The minimum absolute atomic E-state index is 0.0400. The van der Waals surface area contributed by atoms with Crippen LogP contribution < -0.4 is 10.2 Å². The molecule has 4 rings (SSSR count). The molecule has 1 atom stereocenters. The maximum Gasteiger partial charge on any atom is 0.255 e. The maximum absolute atomic E-state index is 12.6. The lowest BCUT2D eigenvalue weighted by Gasteiger charge is -2.22. The number of rotatable bonds is 5. The second kappa shape index (κ2) is 9.00. The summed E-state index contributed by atoms with van der Waals surface area (Å²) in [7, 11) is 4.29. The number of likely N-dealkylation sites (N-methyl/N-ethyl adjacent to an activating group) is 1. The van der Waals surface area contributed by atoms with E-state index in [0.717, 1.165) is 24.3 Å². The molecule has 1 amide bonds. The van der Waals surface area contributed by atoms with Crippen LogP contribution in [0.3, 0.4) is 0 Å². The van der Waals surface area contributed by atoms with Gasteiger partial charge >= 0.3 is 0 Å². The standard InChI is InChI=1S/C25H33N3O/c1-27(2)24-16-17-28(18-24)23-14-12-22(13-15-23)26-25(29)21-10-8-20(9-11-21)19-6-4-3-5-7-19/h8-15,19,24H,3-7,16-18H2,1-2H3,(H,26,29). The average Bonchev–Trinajstić information content (AvgIpc) is 3.26. The number of carbonyl (C=O) groups is 1. The highest BCUT2D eigenvalue weighted by Crippen LogP contribution is 2.32. The molecule has 1 aliphatic heterocycles. The van der Waals surface area contributed by atoms with Crippen LogP contribution in [0.4, 0.5) is 11.4 Å². The Balaban J connectivity index is 1.35. The lowest BCUT2D eigenvalue weighted by Crippen LogP contribution is -2.31. The van der Waals surface area contributed by atoms with Crippen LogP contribution in [0.25, 0.3) is 0 Å². The molecule has 0 spiro atoms. The Hall–Kier alpha value is -2.33. The second-order valence-electron chi connectivity index (χ2n) is 8.81. The van der Waals surface area contributed by atoms with Gasteiger partial charge in [0.15, 0.2) is 0 Å². The van der Waals surface area contributed by atoms with E-state index < -0.39 is 0 Å². The van der Waals surface area contributed by atoms with Gasteiger partial charge in [0, 0.05) is 36.1 Å². The number of anilines is 2. The fourth-order valence-electron chi connectivity index (χ4n) is 4.70. The van der Waals surface area contributed by atoms with E-state index in [0.29, 0.717) is 12.0 Å². The average molecular weight is 392 g/mol. The van der Waals surface area contributed by atoms with Crippen molar-refractivity contribution in [3.05, 3.63) is 59.7 Å². The lowest BCUT2D eigenvalue weighted by molar-refractivity contribution is 0.102. The summed E-state index contributed by atoms with van der Waals surface area (Å²) in [5.74, 6) is 0.632. The zero-order valence-corrected chi connectivity index (χ0v) is 17.7. The number of amides is 1.